The van der Waals surface area contributed by atoms with E-state index in [1.807, 2.05) is 0 Å². The summed E-state index contributed by atoms with van der Waals surface area (Å²) < 4.78 is 27.8. The third-order valence-corrected chi connectivity index (χ3v) is 4.90. The second-order valence-electron chi connectivity index (χ2n) is 6.95. The van der Waals surface area contributed by atoms with Crippen molar-refractivity contribution in [2.24, 2.45) is 0 Å². The lowest BCUT2D eigenvalue weighted by molar-refractivity contribution is 0.0963. The number of carbonyl (C=O) groups excluding carboxylic acids is 1. The van der Waals surface area contributed by atoms with Gasteiger partial charge >= 0.3 is 0 Å². The summed E-state index contributed by atoms with van der Waals surface area (Å²) in [5, 5.41) is 3.33. The molecule has 8 heteroatoms. The number of H-pyrrole nitrogens is 1. The zero-order valence-electron chi connectivity index (χ0n) is 16.2. The molecule has 0 saturated heterocycles. The van der Waals surface area contributed by atoms with E-state index < -0.39 is 11.8 Å². The van der Waals surface area contributed by atoms with Gasteiger partial charge in [-0.3, -0.25) is 9.78 Å². The van der Waals surface area contributed by atoms with Gasteiger partial charge in [-0.25, -0.2) is 14.4 Å². The van der Waals surface area contributed by atoms with Crippen molar-refractivity contribution in [1.29, 1.82) is 0 Å². The Labute approximate surface area is 171 Å². The van der Waals surface area contributed by atoms with Gasteiger partial charge in [-0.05, 0) is 42.2 Å². The Balaban J connectivity index is 1.52. The summed E-state index contributed by atoms with van der Waals surface area (Å²) in [6.45, 7) is 0. The van der Waals surface area contributed by atoms with Gasteiger partial charge in [0.15, 0.2) is 0 Å². The molecule has 0 atom stereocenters. The van der Waals surface area contributed by atoms with Crippen molar-refractivity contribution in [3.05, 3.63) is 88.8 Å². The van der Waals surface area contributed by atoms with Crippen LogP contribution in [0.15, 0.2) is 49.1 Å². The second-order valence-corrected chi connectivity index (χ2v) is 6.95. The van der Waals surface area contributed by atoms with E-state index in [1.54, 1.807) is 37.6 Å². The first-order valence-corrected chi connectivity index (χ1v) is 9.45. The molecular formula is C22H19F2N5O. The number of nitrogens with one attached hydrogen (secondary N) is 2. The van der Waals surface area contributed by atoms with E-state index in [0.29, 0.717) is 41.7 Å². The number of aromatic amines is 1. The van der Waals surface area contributed by atoms with Crippen LogP contribution in [0.25, 0.3) is 11.0 Å². The van der Waals surface area contributed by atoms with E-state index in [2.05, 4.69) is 25.3 Å². The third-order valence-electron chi connectivity index (χ3n) is 4.90. The quantitative estimate of drug-likeness (QED) is 0.480. The number of hydrogen-bond acceptors (Lipinski definition) is 4. The first-order chi connectivity index (χ1) is 14.5. The molecule has 0 saturated carbocycles. The highest BCUT2D eigenvalue weighted by atomic mass is 19.1. The Kier molecular flexibility index (Phi) is 5.47. The molecule has 4 heterocycles. The zero-order chi connectivity index (χ0) is 21.1. The number of aromatic nitrogens is 4. The van der Waals surface area contributed by atoms with Gasteiger partial charge in [-0.2, -0.15) is 4.39 Å². The van der Waals surface area contributed by atoms with Crippen LogP contribution in [0.5, 0.6) is 0 Å². The van der Waals surface area contributed by atoms with E-state index in [9.17, 15) is 13.6 Å². The largest absolute Gasteiger partial charge is 0.355 e. The van der Waals surface area contributed by atoms with E-state index in [4.69, 9.17) is 0 Å². The minimum absolute atomic E-state index is 0.234. The van der Waals surface area contributed by atoms with Gasteiger partial charge in [-0.1, -0.05) is 6.07 Å². The molecule has 0 aliphatic heterocycles. The van der Waals surface area contributed by atoms with Crippen LogP contribution in [0.4, 0.5) is 8.78 Å². The highest BCUT2D eigenvalue weighted by Gasteiger charge is 2.13. The topological polar surface area (TPSA) is 83.6 Å². The fraction of sp³-hybridized carbons (Fsp3) is 0.182. The molecule has 0 radical (unpaired) electrons. The summed E-state index contributed by atoms with van der Waals surface area (Å²) in [5.41, 5.74) is 3.65. The van der Waals surface area contributed by atoms with Crippen LogP contribution in [0.1, 0.15) is 32.7 Å². The molecule has 1 amide bonds. The molecule has 0 unspecified atom stereocenters. The number of hydrogen-bond donors (Lipinski definition) is 2. The maximum Gasteiger partial charge on any atom is 0.252 e. The molecular weight excluding hydrogens is 388 g/mol. The van der Waals surface area contributed by atoms with Crippen molar-refractivity contribution >= 4 is 16.9 Å². The van der Waals surface area contributed by atoms with Crippen molar-refractivity contribution in [2.75, 3.05) is 7.05 Å². The average Bonchev–Trinajstić information content (AvgIpc) is 3.15. The third kappa shape index (κ3) is 4.17. The predicted molar refractivity (Wildman–Crippen MR) is 108 cm³/mol. The fourth-order valence-corrected chi connectivity index (χ4v) is 3.31. The minimum Gasteiger partial charge on any atom is -0.355 e. The molecule has 0 aliphatic carbocycles. The van der Waals surface area contributed by atoms with Gasteiger partial charge in [0.25, 0.3) is 5.91 Å². The molecule has 30 heavy (non-hydrogen) atoms. The summed E-state index contributed by atoms with van der Waals surface area (Å²) in [4.78, 5) is 27.0. The van der Waals surface area contributed by atoms with Gasteiger partial charge in [0.05, 0.1) is 11.8 Å². The molecule has 4 rings (SSSR count). The van der Waals surface area contributed by atoms with Crippen molar-refractivity contribution in [1.82, 2.24) is 25.3 Å². The van der Waals surface area contributed by atoms with Crippen LogP contribution in [0.3, 0.4) is 0 Å². The van der Waals surface area contributed by atoms with Gasteiger partial charge < -0.3 is 10.3 Å². The number of halogens is 2. The lowest BCUT2D eigenvalue weighted by Gasteiger charge is -2.06. The number of rotatable bonds is 6. The summed E-state index contributed by atoms with van der Waals surface area (Å²) in [7, 11) is 1.55. The molecule has 0 bridgehead atoms. The monoisotopic (exact) mass is 407 g/mol. The zero-order valence-corrected chi connectivity index (χ0v) is 16.2. The minimum atomic E-state index is -0.547. The first-order valence-electron chi connectivity index (χ1n) is 9.45. The highest BCUT2D eigenvalue weighted by molar-refractivity contribution is 5.97. The van der Waals surface area contributed by atoms with E-state index >= 15 is 0 Å². The van der Waals surface area contributed by atoms with Crippen molar-refractivity contribution in [2.45, 2.75) is 19.3 Å². The SMILES string of the molecule is CNC(=O)c1cnc2[nH]cc(Cc3ccc(CCc4cncc(F)c4)nc3F)c2c1. The maximum absolute atomic E-state index is 14.6. The van der Waals surface area contributed by atoms with Crippen LogP contribution >= 0.6 is 0 Å². The lowest BCUT2D eigenvalue weighted by atomic mass is 10.0. The number of amides is 1. The molecule has 4 aromatic rings. The molecule has 0 spiro atoms. The van der Waals surface area contributed by atoms with Crippen LogP contribution in [0.2, 0.25) is 0 Å². The number of aryl methyl sites for hydroxylation is 2. The standard InChI is InChI=1S/C22H19F2N5O/c1-25-22(30)16-8-19-15(10-27-21(19)28-11-16)7-14-3-5-18(29-20(14)24)4-2-13-6-17(23)12-26-9-13/h3,5-6,8-12H,2,4,7H2,1H3,(H,25,30)(H,27,28). The number of nitrogens with zero attached hydrogens (tertiary/aromatic N) is 3. The van der Waals surface area contributed by atoms with Gasteiger partial charge in [-0.15, -0.1) is 0 Å². The van der Waals surface area contributed by atoms with Crippen LogP contribution in [-0.2, 0) is 19.3 Å². The molecule has 4 aromatic heterocycles. The Morgan fingerprint density at radius 1 is 1.10 bits per heavy atom. The number of fused-ring (bicyclic) bond motifs is 1. The number of carbonyl (C=O) groups is 1. The Bertz CT molecular complexity index is 1220. The molecule has 2 N–H and O–H groups in total. The summed E-state index contributed by atoms with van der Waals surface area (Å²) in [6, 6.07) is 6.63. The summed E-state index contributed by atoms with van der Waals surface area (Å²) in [6.07, 6.45) is 7.30. The van der Waals surface area contributed by atoms with Gasteiger partial charge in [0.1, 0.15) is 11.5 Å². The Morgan fingerprint density at radius 2 is 1.97 bits per heavy atom. The molecule has 6 nitrogen and oxygen atoms in total. The van der Waals surface area contributed by atoms with E-state index in [-0.39, 0.29) is 5.91 Å². The summed E-state index contributed by atoms with van der Waals surface area (Å²) in [5.74, 6) is -1.17. The van der Waals surface area contributed by atoms with Gasteiger partial charge in [0.2, 0.25) is 5.95 Å². The van der Waals surface area contributed by atoms with Crippen LogP contribution in [-0.4, -0.2) is 32.9 Å². The smallest absolute Gasteiger partial charge is 0.252 e. The molecule has 0 fully saturated rings. The van der Waals surface area contributed by atoms with Crippen LogP contribution in [0, 0.1) is 11.8 Å². The van der Waals surface area contributed by atoms with E-state index in [1.165, 1.54) is 12.3 Å². The summed E-state index contributed by atoms with van der Waals surface area (Å²) >= 11 is 0. The first kappa shape index (κ1) is 19.6. The Morgan fingerprint density at radius 3 is 2.73 bits per heavy atom. The Hall–Kier alpha value is -3.68. The maximum atomic E-state index is 14.6. The lowest BCUT2D eigenvalue weighted by Crippen LogP contribution is -2.17. The predicted octanol–water partition coefficient (Wildman–Crippen LogP) is 3.37. The molecule has 0 aliphatic rings. The average molecular weight is 407 g/mol. The normalized spacial score (nSPS) is 11.0. The van der Waals surface area contributed by atoms with Gasteiger partial charge in [0, 0.05) is 48.7 Å². The van der Waals surface area contributed by atoms with E-state index in [0.717, 1.165) is 22.7 Å². The van der Waals surface area contributed by atoms with Crippen LogP contribution < -0.4 is 5.32 Å². The van der Waals surface area contributed by atoms with Crippen molar-refractivity contribution in [3.63, 3.8) is 0 Å². The second kappa shape index (κ2) is 8.36. The fourth-order valence-electron chi connectivity index (χ4n) is 3.31. The molecule has 152 valence electrons. The highest BCUT2D eigenvalue weighted by Crippen LogP contribution is 2.22. The van der Waals surface area contributed by atoms with Crippen molar-refractivity contribution in [3.8, 4) is 0 Å². The molecule has 0 aromatic carbocycles. The number of pyridine rings is 3. The van der Waals surface area contributed by atoms with Crippen molar-refractivity contribution < 1.29 is 13.6 Å².